The lowest BCUT2D eigenvalue weighted by Crippen LogP contribution is -2.33. The molecule has 43 heavy (non-hydrogen) atoms. The molecule has 3 heterocycles. The van der Waals surface area contributed by atoms with Gasteiger partial charge in [-0.3, -0.25) is 14.3 Å². The van der Waals surface area contributed by atoms with Gasteiger partial charge in [0, 0.05) is 23.4 Å². The summed E-state index contributed by atoms with van der Waals surface area (Å²) in [5.74, 6) is 7.52. The van der Waals surface area contributed by atoms with Crippen LogP contribution in [0, 0.1) is 11.8 Å². The molecule has 0 amide bonds. The fraction of sp³-hybridized carbons (Fsp3) is 0.310. The lowest BCUT2D eigenvalue weighted by molar-refractivity contribution is -0.0103. The van der Waals surface area contributed by atoms with Crippen molar-refractivity contribution in [2.45, 2.75) is 18.8 Å². The van der Waals surface area contributed by atoms with Crippen molar-refractivity contribution in [3.8, 4) is 23.3 Å². The number of aliphatic hydroxyl groups excluding tert-OH is 1. The van der Waals surface area contributed by atoms with Crippen LogP contribution in [0.4, 0.5) is 5.82 Å². The second kappa shape index (κ2) is 16.0. The van der Waals surface area contributed by atoms with Gasteiger partial charge in [0.2, 0.25) is 0 Å². The fourth-order valence-electron chi connectivity index (χ4n) is 3.92. The number of anilines is 1. The van der Waals surface area contributed by atoms with Crippen LogP contribution in [-0.4, -0.2) is 70.9 Å². The molecular formula is C29H30BrN5O7S. The van der Waals surface area contributed by atoms with Crippen molar-refractivity contribution in [2.75, 3.05) is 45.4 Å². The van der Waals surface area contributed by atoms with Gasteiger partial charge in [0.1, 0.15) is 42.2 Å². The number of aromatic nitrogens is 3. The smallest absolute Gasteiger partial charge is 0.330 e. The number of rotatable bonds is 12. The highest BCUT2D eigenvalue weighted by Crippen LogP contribution is 2.24. The molecule has 0 saturated carbocycles. The molecule has 0 fully saturated rings. The van der Waals surface area contributed by atoms with E-state index in [2.05, 4.69) is 48.4 Å². The van der Waals surface area contributed by atoms with E-state index < -0.39 is 23.6 Å². The Hall–Kier alpha value is -4.00. The van der Waals surface area contributed by atoms with Crippen LogP contribution in [0.25, 0.3) is 0 Å². The third-order valence-electron chi connectivity index (χ3n) is 6.03. The number of hydrogen-bond donors (Lipinski definition) is 4. The molecule has 3 aromatic rings. The van der Waals surface area contributed by atoms with Crippen LogP contribution in [0.2, 0.25) is 0 Å². The zero-order chi connectivity index (χ0) is 30.6. The van der Waals surface area contributed by atoms with Gasteiger partial charge in [0.05, 0.1) is 20.3 Å². The van der Waals surface area contributed by atoms with Crippen molar-refractivity contribution in [1.82, 2.24) is 19.9 Å². The molecule has 2 unspecified atom stereocenters. The Balaban J connectivity index is 1.24. The first kappa shape index (κ1) is 31.9. The SMILES string of the molecule is COc1ccc(OCCOCC#Cc2cn(C3C=CC(CO)O3)c(=O)[nH]c2=O)c(CCNC(=S)Nc2ccc(Br)cn2)c1. The molecule has 0 radical (unpaired) electrons. The molecule has 1 aliphatic heterocycles. The second-order valence-electron chi connectivity index (χ2n) is 9.01. The van der Waals surface area contributed by atoms with Crippen molar-refractivity contribution in [1.29, 1.82) is 0 Å². The maximum absolute atomic E-state index is 12.2. The molecular weight excluding hydrogens is 642 g/mol. The number of hydrogen-bond acceptors (Lipinski definition) is 9. The van der Waals surface area contributed by atoms with E-state index in [0.717, 1.165) is 10.0 Å². The van der Waals surface area contributed by atoms with Crippen LogP contribution in [0.3, 0.4) is 0 Å². The number of aliphatic hydroxyl groups is 1. The highest BCUT2D eigenvalue weighted by atomic mass is 79.9. The summed E-state index contributed by atoms with van der Waals surface area (Å²) in [7, 11) is 1.60. The molecule has 12 nitrogen and oxygen atoms in total. The zero-order valence-electron chi connectivity index (χ0n) is 23.2. The highest BCUT2D eigenvalue weighted by molar-refractivity contribution is 9.10. The lowest BCUT2D eigenvalue weighted by atomic mass is 10.1. The largest absolute Gasteiger partial charge is 0.497 e. The standard InChI is InChI=1S/C29H30BrN5O7S/c1-39-22-5-7-24(19(15-22)10-11-31-28(43)33-25-8-4-21(30)16-32-25)41-14-13-40-12-2-3-20-17-35(29(38)34-27(20)37)26-9-6-23(18-36)42-26/h4-9,15-17,23,26,36H,10-14,18H2,1H3,(H,34,37,38)(H2,31,32,33,43). The number of aromatic amines is 1. The molecule has 226 valence electrons. The first-order valence-electron chi connectivity index (χ1n) is 13.2. The van der Waals surface area contributed by atoms with E-state index in [1.165, 1.54) is 10.8 Å². The number of ether oxygens (including phenoxy) is 4. The van der Waals surface area contributed by atoms with Gasteiger partial charge in [-0.25, -0.2) is 9.78 Å². The van der Waals surface area contributed by atoms with Gasteiger partial charge in [-0.1, -0.05) is 17.9 Å². The number of pyridine rings is 1. The number of benzene rings is 1. The van der Waals surface area contributed by atoms with Crippen molar-refractivity contribution >= 4 is 39.1 Å². The van der Waals surface area contributed by atoms with Crippen molar-refractivity contribution in [3.05, 3.63) is 91.3 Å². The van der Waals surface area contributed by atoms with Gasteiger partial charge in [-0.05, 0) is 76.5 Å². The molecule has 4 rings (SSSR count). The van der Waals surface area contributed by atoms with Crippen molar-refractivity contribution in [3.63, 3.8) is 0 Å². The average Bonchev–Trinajstić information content (AvgIpc) is 3.48. The van der Waals surface area contributed by atoms with Crippen LogP contribution in [0.15, 0.2) is 68.9 Å². The first-order chi connectivity index (χ1) is 20.9. The predicted octanol–water partition coefficient (Wildman–Crippen LogP) is 2.12. The van der Waals surface area contributed by atoms with Gasteiger partial charge in [-0.2, -0.15) is 0 Å². The van der Waals surface area contributed by atoms with Gasteiger partial charge >= 0.3 is 5.69 Å². The van der Waals surface area contributed by atoms with Crippen LogP contribution in [-0.2, 0) is 15.9 Å². The Morgan fingerprint density at radius 2 is 2.12 bits per heavy atom. The summed E-state index contributed by atoms with van der Waals surface area (Å²) < 4.78 is 24.5. The quantitative estimate of drug-likeness (QED) is 0.0971. The van der Waals surface area contributed by atoms with E-state index in [4.69, 9.17) is 31.2 Å². The zero-order valence-corrected chi connectivity index (χ0v) is 25.6. The summed E-state index contributed by atoms with van der Waals surface area (Å²) in [5.41, 5.74) is -0.232. The lowest BCUT2D eigenvalue weighted by Gasteiger charge is -2.14. The van der Waals surface area contributed by atoms with Crippen LogP contribution in [0.1, 0.15) is 17.4 Å². The fourth-order valence-corrected chi connectivity index (χ4v) is 4.36. The van der Waals surface area contributed by atoms with E-state index in [-0.39, 0.29) is 32.0 Å². The molecule has 2 aromatic heterocycles. The summed E-state index contributed by atoms with van der Waals surface area (Å²) in [6.07, 6.45) is 5.65. The molecule has 0 saturated heterocycles. The average molecular weight is 673 g/mol. The van der Waals surface area contributed by atoms with Gasteiger partial charge in [-0.15, -0.1) is 0 Å². The Morgan fingerprint density at radius 1 is 1.26 bits per heavy atom. The monoisotopic (exact) mass is 671 g/mol. The number of nitrogens with zero attached hydrogens (tertiary/aromatic N) is 2. The van der Waals surface area contributed by atoms with Crippen LogP contribution < -0.4 is 31.4 Å². The molecule has 0 spiro atoms. The second-order valence-corrected chi connectivity index (χ2v) is 10.3. The Labute approximate surface area is 261 Å². The minimum absolute atomic E-state index is 0.0470. The summed E-state index contributed by atoms with van der Waals surface area (Å²) in [6.45, 7) is 0.910. The van der Waals surface area contributed by atoms with E-state index in [9.17, 15) is 14.7 Å². The number of methoxy groups -OCH3 is 1. The third kappa shape index (κ3) is 9.50. The number of nitrogens with one attached hydrogen (secondary N) is 3. The maximum atomic E-state index is 12.2. The number of halogens is 1. The minimum atomic E-state index is -0.739. The molecule has 1 aromatic carbocycles. The Bertz CT molecular complexity index is 1610. The summed E-state index contributed by atoms with van der Waals surface area (Å²) >= 11 is 8.72. The van der Waals surface area contributed by atoms with E-state index >= 15 is 0 Å². The molecule has 1 aliphatic rings. The van der Waals surface area contributed by atoms with Crippen molar-refractivity contribution < 1.29 is 24.1 Å². The molecule has 0 aliphatic carbocycles. The normalized spacial score (nSPS) is 15.4. The molecule has 4 N–H and O–H groups in total. The predicted molar refractivity (Wildman–Crippen MR) is 168 cm³/mol. The van der Waals surface area contributed by atoms with Crippen molar-refractivity contribution in [2.24, 2.45) is 0 Å². The summed E-state index contributed by atoms with van der Waals surface area (Å²) in [5, 5.41) is 15.9. The molecule has 14 heteroatoms. The van der Waals surface area contributed by atoms with Gasteiger partial charge in [0.25, 0.3) is 5.56 Å². The van der Waals surface area contributed by atoms with Crippen LogP contribution >= 0.6 is 28.1 Å². The van der Waals surface area contributed by atoms with Gasteiger partial charge < -0.3 is 34.7 Å². The number of thiocarbonyl (C=S) groups is 1. The van der Waals surface area contributed by atoms with Gasteiger partial charge in [0.15, 0.2) is 11.3 Å². The summed E-state index contributed by atoms with van der Waals surface area (Å²) in [4.78, 5) is 30.8. The molecule has 2 atom stereocenters. The first-order valence-corrected chi connectivity index (χ1v) is 14.4. The highest BCUT2D eigenvalue weighted by Gasteiger charge is 2.21. The van der Waals surface area contributed by atoms with E-state index in [1.54, 1.807) is 25.5 Å². The maximum Gasteiger partial charge on any atom is 0.330 e. The Kier molecular flexibility index (Phi) is 11.9. The minimum Gasteiger partial charge on any atom is -0.497 e. The topological polar surface area (TPSA) is 149 Å². The number of H-pyrrole nitrogens is 1. The summed E-state index contributed by atoms with van der Waals surface area (Å²) in [6, 6.07) is 9.25. The van der Waals surface area contributed by atoms with Crippen LogP contribution in [0.5, 0.6) is 11.5 Å². The molecule has 0 bridgehead atoms. The van der Waals surface area contributed by atoms with E-state index in [0.29, 0.717) is 35.4 Å². The van der Waals surface area contributed by atoms with E-state index in [1.807, 2.05) is 30.3 Å². The Morgan fingerprint density at radius 3 is 2.86 bits per heavy atom. The third-order valence-corrected chi connectivity index (χ3v) is 6.74.